The molecular formula is C11H15FO2S2. The van der Waals surface area contributed by atoms with Crippen LogP contribution in [0.2, 0.25) is 0 Å². The summed E-state index contributed by atoms with van der Waals surface area (Å²) in [6, 6.07) is 6.37. The van der Waals surface area contributed by atoms with Crippen LogP contribution in [0.4, 0.5) is 4.39 Å². The molecular weight excluding hydrogens is 247 g/mol. The first kappa shape index (κ1) is 13.5. The molecule has 90 valence electrons. The van der Waals surface area contributed by atoms with E-state index < -0.39 is 9.84 Å². The van der Waals surface area contributed by atoms with Crippen LogP contribution < -0.4 is 0 Å². The van der Waals surface area contributed by atoms with Crippen molar-refractivity contribution in [3.63, 3.8) is 0 Å². The maximum atomic E-state index is 12.8. The molecule has 0 atom stereocenters. The SMILES string of the molecule is CCS(=O)(=O)CCSCc1cccc(F)c1. The van der Waals surface area contributed by atoms with Gasteiger partial charge in [-0.05, 0) is 17.7 Å². The van der Waals surface area contributed by atoms with Crippen LogP contribution in [0.5, 0.6) is 0 Å². The minimum atomic E-state index is -2.88. The van der Waals surface area contributed by atoms with E-state index in [4.69, 9.17) is 0 Å². The maximum absolute atomic E-state index is 12.8. The Morgan fingerprint density at radius 1 is 1.38 bits per heavy atom. The second-order valence-corrected chi connectivity index (χ2v) is 7.00. The lowest BCUT2D eigenvalue weighted by Crippen LogP contribution is -2.10. The molecule has 0 N–H and O–H groups in total. The minimum absolute atomic E-state index is 0.188. The van der Waals surface area contributed by atoms with E-state index in [1.54, 1.807) is 13.0 Å². The summed E-state index contributed by atoms with van der Waals surface area (Å²) in [5.41, 5.74) is 0.888. The highest BCUT2D eigenvalue weighted by atomic mass is 32.2. The highest BCUT2D eigenvalue weighted by molar-refractivity contribution is 8.00. The summed E-state index contributed by atoms with van der Waals surface area (Å²) in [6.07, 6.45) is 0. The molecule has 2 nitrogen and oxygen atoms in total. The number of halogens is 1. The summed E-state index contributed by atoms with van der Waals surface area (Å²) in [4.78, 5) is 0. The first-order chi connectivity index (χ1) is 7.53. The predicted molar refractivity (Wildman–Crippen MR) is 66.9 cm³/mol. The zero-order valence-corrected chi connectivity index (χ0v) is 10.8. The van der Waals surface area contributed by atoms with Crippen molar-refractivity contribution in [2.45, 2.75) is 12.7 Å². The van der Waals surface area contributed by atoms with Crippen molar-refractivity contribution in [1.29, 1.82) is 0 Å². The molecule has 0 aliphatic rings. The standard InChI is InChI=1S/C11H15FO2S2/c1-2-16(13,14)7-6-15-9-10-4-3-5-11(12)8-10/h3-5,8H,2,6-7,9H2,1H3. The number of thioether (sulfide) groups is 1. The van der Waals surface area contributed by atoms with E-state index in [0.717, 1.165) is 5.56 Å². The average molecular weight is 262 g/mol. The molecule has 1 aromatic carbocycles. The average Bonchev–Trinajstić information content (AvgIpc) is 2.25. The topological polar surface area (TPSA) is 34.1 Å². The van der Waals surface area contributed by atoms with Gasteiger partial charge in [-0.1, -0.05) is 19.1 Å². The number of sulfone groups is 1. The van der Waals surface area contributed by atoms with Gasteiger partial charge < -0.3 is 0 Å². The van der Waals surface area contributed by atoms with Crippen LogP contribution in [0.15, 0.2) is 24.3 Å². The third-order valence-corrected chi connectivity index (χ3v) is 5.13. The fourth-order valence-electron chi connectivity index (χ4n) is 1.15. The molecule has 1 aromatic rings. The zero-order chi connectivity index (χ0) is 12.0. The van der Waals surface area contributed by atoms with Gasteiger partial charge in [0.05, 0.1) is 5.75 Å². The molecule has 0 aromatic heterocycles. The van der Waals surface area contributed by atoms with Crippen LogP contribution >= 0.6 is 11.8 Å². The van der Waals surface area contributed by atoms with E-state index in [2.05, 4.69) is 0 Å². The van der Waals surface area contributed by atoms with Crippen LogP contribution in [-0.2, 0) is 15.6 Å². The molecule has 0 spiro atoms. The molecule has 0 aliphatic heterocycles. The largest absolute Gasteiger partial charge is 0.229 e. The molecule has 0 aliphatic carbocycles. The van der Waals surface area contributed by atoms with Crippen LogP contribution in [0.1, 0.15) is 12.5 Å². The van der Waals surface area contributed by atoms with E-state index in [1.165, 1.54) is 23.9 Å². The summed E-state index contributed by atoms with van der Waals surface area (Å²) in [7, 11) is -2.88. The number of benzene rings is 1. The van der Waals surface area contributed by atoms with Crippen LogP contribution in [0.3, 0.4) is 0 Å². The van der Waals surface area contributed by atoms with Crippen molar-refractivity contribution in [1.82, 2.24) is 0 Å². The normalized spacial score (nSPS) is 11.6. The molecule has 16 heavy (non-hydrogen) atoms. The van der Waals surface area contributed by atoms with E-state index in [9.17, 15) is 12.8 Å². The lowest BCUT2D eigenvalue weighted by molar-refractivity contribution is 0.598. The molecule has 0 fully saturated rings. The van der Waals surface area contributed by atoms with E-state index >= 15 is 0 Å². The van der Waals surface area contributed by atoms with Gasteiger partial charge in [-0.2, -0.15) is 11.8 Å². The predicted octanol–water partition coefficient (Wildman–Crippen LogP) is 2.49. The summed E-state index contributed by atoms with van der Waals surface area (Å²) < 4.78 is 35.2. The van der Waals surface area contributed by atoms with Gasteiger partial charge in [-0.15, -0.1) is 0 Å². The van der Waals surface area contributed by atoms with Gasteiger partial charge in [0.15, 0.2) is 9.84 Å². The second-order valence-electron chi connectivity index (χ2n) is 3.42. The second kappa shape index (κ2) is 6.25. The van der Waals surface area contributed by atoms with Gasteiger partial charge in [0.2, 0.25) is 0 Å². The zero-order valence-electron chi connectivity index (χ0n) is 9.15. The van der Waals surface area contributed by atoms with Gasteiger partial charge in [0.1, 0.15) is 5.82 Å². The van der Waals surface area contributed by atoms with Gasteiger partial charge in [-0.25, -0.2) is 12.8 Å². The Balaban J connectivity index is 2.32. The molecule has 5 heteroatoms. The Morgan fingerprint density at radius 3 is 2.75 bits per heavy atom. The number of hydrogen-bond acceptors (Lipinski definition) is 3. The number of rotatable bonds is 6. The van der Waals surface area contributed by atoms with Crippen molar-refractivity contribution in [2.24, 2.45) is 0 Å². The van der Waals surface area contributed by atoms with Crippen molar-refractivity contribution in [3.05, 3.63) is 35.6 Å². The first-order valence-electron chi connectivity index (χ1n) is 5.06. The Kier molecular flexibility index (Phi) is 5.28. The van der Waals surface area contributed by atoms with E-state index in [1.807, 2.05) is 6.07 Å². The van der Waals surface area contributed by atoms with Crippen molar-refractivity contribution in [2.75, 3.05) is 17.3 Å². The summed E-state index contributed by atoms with van der Waals surface area (Å²) >= 11 is 1.51. The highest BCUT2D eigenvalue weighted by Crippen LogP contribution is 2.13. The van der Waals surface area contributed by atoms with Crippen molar-refractivity contribution < 1.29 is 12.8 Å². The highest BCUT2D eigenvalue weighted by Gasteiger charge is 2.06. The molecule has 0 bridgehead atoms. The smallest absolute Gasteiger partial charge is 0.150 e. The number of hydrogen-bond donors (Lipinski definition) is 0. The summed E-state index contributed by atoms with van der Waals surface area (Å²) in [5.74, 6) is 1.35. The molecule has 0 unspecified atom stereocenters. The van der Waals surface area contributed by atoms with Gasteiger partial charge >= 0.3 is 0 Å². The maximum Gasteiger partial charge on any atom is 0.150 e. The van der Waals surface area contributed by atoms with Crippen molar-refractivity contribution in [3.8, 4) is 0 Å². The Morgan fingerprint density at radius 2 is 2.12 bits per heavy atom. The Hall–Kier alpha value is -0.550. The molecule has 0 amide bonds. The van der Waals surface area contributed by atoms with Gasteiger partial charge in [0.25, 0.3) is 0 Å². The van der Waals surface area contributed by atoms with Gasteiger partial charge in [0, 0.05) is 17.3 Å². The van der Waals surface area contributed by atoms with E-state index in [0.29, 0.717) is 11.5 Å². The minimum Gasteiger partial charge on any atom is -0.229 e. The fourth-order valence-corrected chi connectivity index (χ4v) is 3.48. The Labute approximate surface area is 100 Å². The fraction of sp³-hybridized carbons (Fsp3) is 0.455. The third-order valence-electron chi connectivity index (χ3n) is 2.14. The quantitative estimate of drug-likeness (QED) is 0.739. The van der Waals surface area contributed by atoms with Crippen LogP contribution in [-0.4, -0.2) is 25.7 Å². The van der Waals surface area contributed by atoms with Crippen molar-refractivity contribution >= 4 is 21.6 Å². The third kappa shape index (κ3) is 4.99. The monoisotopic (exact) mass is 262 g/mol. The molecule has 0 heterocycles. The Bertz CT molecular complexity index is 429. The molecule has 0 saturated carbocycles. The lowest BCUT2D eigenvalue weighted by Gasteiger charge is -2.02. The molecule has 0 radical (unpaired) electrons. The molecule has 0 saturated heterocycles. The summed E-state index contributed by atoms with van der Waals surface area (Å²) in [6.45, 7) is 1.65. The van der Waals surface area contributed by atoms with Crippen LogP contribution in [0.25, 0.3) is 0 Å². The first-order valence-corrected chi connectivity index (χ1v) is 8.04. The van der Waals surface area contributed by atoms with Crippen LogP contribution in [0, 0.1) is 5.82 Å². The van der Waals surface area contributed by atoms with Gasteiger partial charge in [-0.3, -0.25) is 0 Å². The lowest BCUT2D eigenvalue weighted by atomic mass is 10.2. The van der Waals surface area contributed by atoms with E-state index in [-0.39, 0.29) is 17.3 Å². The molecule has 1 rings (SSSR count). The summed E-state index contributed by atoms with van der Waals surface area (Å²) in [5, 5.41) is 0.